The molecule has 92 valence electrons. The first-order valence-electron chi connectivity index (χ1n) is 4.34. The van der Waals surface area contributed by atoms with Crippen LogP contribution in [0.3, 0.4) is 0 Å². The molecule has 2 aromatic heterocycles. The largest absolute Gasteiger partial charge is 0.465 e. The van der Waals surface area contributed by atoms with E-state index < -0.39 is 5.97 Å². The summed E-state index contributed by atoms with van der Waals surface area (Å²) < 4.78 is 4.60. The average molecular weight is 276 g/mol. The van der Waals surface area contributed by atoms with E-state index in [1.54, 1.807) is 24.5 Å². The molecule has 0 bridgehead atoms. The molecule has 5 nitrogen and oxygen atoms in total. The molecule has 0 aliphatic heterocycles. The van der Waals surface area contributed by atoms with Crippen molar-refractivity contribution >= 4 is 30.8 Å². The second-order valence-corrected chi connectivity index (χ2v) is 2.92. The summed E-state index contributed by atoms with van der Waals surface area (Å²) in [4.78, 5) is 15.2. The number of hydrogen-bond acceptors (Lipinski definition) is 4. The van der Waals surface area contributed by atoms with Gasteiger partial charge in [-0.05, 0) is 12.1 Å². The van der Waals surface area contributed by atoms with Gasteiger partial charge in [0, 0.05) is 24.2 Å². The zero-order valence-corrected chi connectivity index (χ0v) is 10.5. The van der Waals surface area contributed by atoms with E-state index in [-0.39, 0.29) is 24.8 Å². The second kappa shape index (κ2) is 6.88. The molecule has 0 radical (unpaired) electrons. The van der Waals surface area contributed by atoms with Gasteiger partial charge in [-0.3, -0.25) is 10.1 Å². The summed E-state index contributed by atoms with van der Waals surface area (Å²) in [6.07, 6.45) is 4.76. The molecule has 0 saturated carbocycles. The molecule has 0 amide bonds. The SMILES string of the molecule is COC(=O)c1cncc(-c2ccn[nH]2)c1.Cl.Cl. The molecule has 17 heavy (non-hydrogen) atoms. The van der Waals surface area contributed by atoms with Gasteiger partial charge in [-0.2, -0.15) is 5.10 Å². The Morgan fingerprint density at radius 3 is 2.71 bits per heavy atom. The summed E-state index contributed by atoms with van der Waals surface area (Å²) >= 11 is 0. The number of aromatic amines is 1. The molecule has 0 aliphatic rings. The normalized spacial score (nSPS) is 8.76. The van der Waals surface area contributed by atoms with Gasteiger partial charge < -0.3 is 4.74 Å². The molecule has 0 atom stereocenters. The molecule has 2 heterocycles. The molecular formula is C10H11Cl2N3O2. The summed E-state index contributed by atoms with van der Waals surface area (Å²) in [5.74, 6) is -0.399. The van der Waals surface area contributed by atoms with Crippen molar-refractivity contribution in [1.82, 2.24) is 15.2 Å². The third kappa shape index (κ3) is 3.44. The Morgan fingerprint density at radius 1 is 1.35 bits per heavy atom. The Morgan fingerprint density at radius 2 is 2.12 bits per heavy atom. The van der Waals surface area contributed by atoms with Crippen LogP contribution in [-0.4, -0.2) is 28.3 Å². The molecular weight excluding hydrogens is 265 g/mol. The first-order valence-corrected chi connectivity index (χ1v) is 4.34. The van der Waals surface area contributed by atoms with Crippen LogP contribution in [0.5, 0.6) is 0 Å². The Kier molecular flexibility index (Phi) is 6.23. The fourth-order valence-corrected chi connectivity index (χ4v) is 1.23. The van der Waals surface area contributed by atoms with Crippen molar-refractivity contribution in [2.45, 2.75) is 0 Å². The number of carbonyl (C=O) groups excluding carboxylic acids is 1. The highest BCUT2D eigenvalue weighted by molar-refractivity contribution is 5.90. The van der Waals surface area contributed by atoms with Crippen molar-refractivity contribution in [2.75, 3.05) is 7.11 Å². The molecule has 2 rings (SSSR count). The lowest BCUT2D eigenvalue weighted by Crippen LogP contribution is -2.01. The molecule has 0 fully saturated rings. The van der Waals surface area contributed by atoms with Crippen LogP contribution in [0.4, 0.5) is 0 Å². The molecule has 2 aromatic rings. The maximum Gasteiger partial charge on any atom is 0.339 e. The quantitative estimate of drug-likeness (QED) is 0.853. The van der Waals surface area contributed by atoms with E-state index in [0.29, 0.717) is 5.56 Å². The van der Waals surface area contributed by atoms with Gasteiger partial charge in [-0.15, -0.1) is 24.8 Å². The van der Waals surface area contributed by atoms with Crippen molar-refractivity contribution < 1.29 is 9.53 Å². The van der Waals surface area contributed by atoms with E-state index in [2.05, 4.69) is 19.9 Å². The maximum atomic E-state index is 11.2. The third-order valence-electron chi connectivity index (χ3n) is 1.97. The van der Waals surface area contributed by atoms with Gasteiger partial charge in [0.05, 0.1) is 18.4 Å². The van der Waals surface area contributed by atoms with E-state index in [0.717, 1.165) is 11.3 Å². The number of rotatable bonds is 2. The van der Waals surface area contributed by atoms with Crippen LogP contribution in [0.1, 0.15) is 10.4 Å². The monoisotopic (exact) mass is 275 g/mol. The standard InChI is InChI=1S/C10H9N3O2.2ClH/c1-15-10(14)8-4-7(5-11-6-8)9-2-3-12-13-9;;/h2-6H,1H3,(H,12,13);2*1H. The molecule has 0 spiro atoms. The Labute approximate surface area is 110 Å². The van der Waals surface area contributed by atoms with Gasteiger partial charge in [-0.1, -0.05) is 0 Å². The minimum Gasteiger partial charge on any atom is -0.465 e. The van der Waals surface area contributed by atoms with Crippen LogP contribution in [0, 0.1) is 0 Å². The molecule has 1 N–H and O–H groups in total. The van der Waals surface area contributed by atoms with E-state index in [1.807, 2.05) is 0 Å². The smallest absolute Gasteiger partial charge is 0.339 e. The molecule has 0 aromatic carbocycles. The summed E-state index contributed by atoms with van der Waals surface area (Å²) in [6, 6.07) is 3.50. The number of pyridine rings is 1. The minimum absolute atomic E-state index is 0. The van der Waals surface area contributed by atoms with Gasteiger partial charge in [0.15, 0.2) is 0 Å². The number of ether oxygens (including phenoxy) is 1. The fourth-order valence-electron chi connectivity index (χ4n) is 1.23. The van der Waals surface area contributed by atoms with Crippen LogP contribution in [-0.2, 0) is 4.74 Å². The predicted octanol–water partition coefficient (Wildman–Crippen LogP) is 2.10. The first-order chi connectivity index (χ1) is 7.31. The number of aromatic nitrogens is 3. The van der Waals surface area contributed by atoms with Crippen LogP contribution in [0.2, 0.25) is 0 Å². The zero-order valence-electron chi connectivity index (χ0n) is 8.91. The predicted molar refractivity (Wildman–Crippen MR) is 67.7 cm³/mol. The lowest BCUT2D eigenvalue weighted by molar-refractivity contribution is 0.0600. The minimum atomic E-state index is -0.399. The number of hydrogen-bond donors (Lipinski definition) is 1. The Bertz CT molecular complexity index is 474. The van der Waals surface area contributed by atoms with Gasteiger partial charge in [0.2, 0.25) is 0 Å². The van der Waals surface area contributed by atoms with Gasteiger partial charge in [0.25, 0.3) is 0 Å². The zero-order chi connectivity index (χ0) is 10.7. The average Bonchev–Trinajstić information content (AvgIpc) is 2.82. The number of carbonyl (C=O) groups is 1. The fraction of sp³-hybridized carbons (Fsp3) is 0.100. The Hall–Kier alpha value is -1.59. The topological polar surface area (TPSA) is 67.9 Å². The number of esters is 1. The molecule has 0 unspecified atom stereocenters. The third-order valence-corrected chi connectivity index (χ3v) is 1.97. The summed E-state index contributed by atoms with van der Waals surface area (Å²) in [7, 11) is 1.34. The van der Waals surface area contributed by atoms with Crippen LogP contribution in [0.15, 0.2) is 30.7 Å². The lowest BCUT2D eigenvalue weighted by Gasteiger charge is -2.00. The molecule has 7 heteroatoms. The summed E-state index contributed by atoms with van der Waals surface area (Å²) in [5, 5.41) is 6.62. The van der Waals surface area contributed by atoms with Crippen LogP contribution < -0.4 is 0 Å². The van der Waals surface area contributed by atoms with Crippen LogP contribution >= 0.6 is 24.8 Å². The number of halogens is 2. The number of nitrogens with zero attached hydrogens (tertiary/aromatic N) is 2. The van der Waals surface area contributed by atoms with Crippen molar-refractivity contribution in [3.05, 3.63) is 36.3 Å². The molecule has 0 saturated heterocycles. The molecule has 0 aliphatic carbocycles. The maximum absolute atomic E-state index is 11.2. The summed E-state index contributed by atoms with van der Waals surface area (Å²) in [5.41, 5.74) is 2.04. The highest BCUT2D eigenvalue weighted by Crippen LogP contribution is 2.16. The highest BCUT2D eigenvalue weighted by Gasteiger charge is 2.07. The van der Waals surface area contributed by atoms with Crippen molar-refractivity contribution in [1.29, 1.82) is 0 Å². The van der Waals surface area contributed by atoms with E-state index in [1.165, 1.54) is 13.3 Å². The lowest BCUT2D eigenvalue weighted by atomic mass is 10.1. The number of methoxy groups -OCH3 is 1. The Balaban J connectivity index is 0.00000128. The van der Waals surface area contributed by atoms with Gasteiger partial charge in [-0.25, -0.2) is 4.79 Å². The van der Waals surface area contributed by atoms with E-state index in [4.69, 9.17) is 0 Å². The van der Waals surface area contributed by atoms with E-state index in [9.17, 15) is 4.79 Å². The summed E-state index contributed by atoms with van der Waals surface area (Å²) in [6.45, 7) is 0. The number of nitrogens with one attached hydrogen (secondary N) is 1. The first kappa shape index (κ1) is 15.4. The van der Waals surface area contributed by atoms with Gasteiger partial charge in [0.1, 0.15) is 0 Å². The van der Waals surface area contributed by atoms with Crippen molar-refractivity contribution in [3.8, 4) is 11.3 Å². The van der Waals surface area contributed by atoms with Crippen molar-refractivity contribution in [2.24, 2.45) is 0 Å². The van der Waals surface area contributed by atoms with Crippen molar-refractivity contribution in [3.63, 3.8) is 0 Å². The van der Waals surface area contributed by atoms with Gasteiger partial charge >= 0.3 is 5.97 Å². The number of H-pyrrole nitrogens is 1. The second-order valence-electron chi connectivity index (χ2n) is 2.92. The van der Waals surface area contributed by atoms with Crippen LogP contribution in [0.25, 0.3) is 11.3 Å². The highest BCUT2D eigenvalue weighted by atomic mass is 35.5. The van der Waals surface area contributed by atoms with E-state index >= 15 is 0 Å².